The van der Waals surface area contributed by atoms with E-state index in [4.69, 9.17) is 10.2 Å². The molecular formula is C5H12ClNO2S. The van der Waals surface area contributed by atoms with Gasteiger partial charge in [-0.1, -0.05) is 0 Å². The number of aliphatic hydroxyl groups is 2. The van der Waals surface area contributed by atoms with E-state index in [-0.39, 0.29) is 18.4 Å². The molecule has 0 aromatic heterocycles. The van der Waals surface area contributed by atoms with Crippen molar-refractivity contribution in [3.05, 3.63) is 0 Å². The van der Waals surface area contributed by atoms with Crippen LogP contribution in [0.15, 0.2) is 0 Å². The second-order valence-corrected chi connectivity index (χ2v) is 3.26. The topological polar surface area (TPSA) is 52.5 Å². The molecule has 0 bridgehead atoms. The van der Waals surface area contributed by atoms with Gasteiger partial charge in [0, 0.05) is 5.75 Å². The van der Waals surface area contributed by atoms with Gasteiger partial charge in [0.05, 0.1) is 12.1 Å². The first-order valence-corrected chi connectivity index (χ1v) is 3.95. The largest absolute Gasteiger partial charge is 0.390 e. The third-order valence-electron chi connectivity index (χ3n) is 1.49. The molecule has 1 fully saturated rings. The summed E-state index contributed by atoms with van der Waals surface area (Å²) in [5.74, 6) is 0.632. The van der Waals surface area contributed by atoms with Crippen molar-refractivity contribution >= 4 is 24.2 Å². The summed E-state index contributed by atoms with van der Waals surface area (Å²) >= 11 is 1.38. The minimum Gasteiger partial charge on any atom is -0.390 e. The maximum absolute atomic E-state index is 9.12. The Kier molecular flexibility index (Phi) is 4.64. The number of nitrogens with one attached hydrogen (secondary N) is 1. The van der Waals surface area contributed by atoms with Crippen LogP contribution >= 0.6 is 24.2 Å². The summed E-state index contributed by atoms with van der Waals surface area (Å²) in [6.07, 6.45) is -0.394. The van der Waals surface area contributed by atoms with Crippen LogP contribution < -0.4 is 5.32 Å². The van der Waals surface area contributed by atoms with Crippen LogP contribution in [0.4, 0.5) is 0 Å². The molecule has 3 atom stereocenters. The fraction of sp³-hybridized carbons (Fsp3) is 1.00. The van der Waals surface area contributed by atoms with Crippen molar-refractivity contribution in [2.24, 2.45) is 0 Å². The van der Waals surface area contributed by atoms with Crippen molar-refractivity contribution in [2.45, 2.75) is 17.6 Å². The van der Waals surface area contributed by atoms with E-state index in [0.717, 1.165) is 0 Å². The molecule has 1 heterocycles. The van der Waals surface area contributed by atoms with Crippen LogP contribution in [0, 0.1) is 0 Å². The zero-order valence-electron chi connectivity index (χ0n) is 5.65. The fourth-order valence-electron chi connectivity index (χ4n) is 0.930. The lowest BCUT2D eigenvalue weighted by molar-refractivity contribution is 0.111. The highest BCUT2D eigenvalue weighted by atomic mass is 35.5. The number of hydrogen-bond donors (Lipinski definition) is 3. The van der Waals surface area contributed by atoms with Gasteiger partial charge in [-0.15, -0.1) is 24.2 Å². The van der Waals surface area contributed by atoms with Crippen LogP contribution in [0.1, 0.15) is 0 Å². The number of aliphatic hydroxyl groups excluding tert-OH is 2. The van der Waals surface area contributed by atoms with Crippen molar-refractivity contribution in [1.82, 2.24) is 5.32 Å². The fourth-order valence-corrected chi connectivity index (χ4v) is 2.06. The lowest BCUT2D eigenvalue weighted by Gasteiger charge is -2.14. The summed E-state index contributed by atoms with van der Waals surface area (Å²) in [6, 6.07) is -0.144. The second kappa shape index (κ2) is 4.41. The molecule has 0 aliphatic carbocycles. The third-order valence-corrected chi connectivity index (χ3v) is 2.66. The molecule has 0 amide bonds. The van der Waals surface area contributed by atoms with E-state index in [1.807, 2.05) is 0 Å². The monoisotopic (exact) mass is 185 g/mol. The molecule has 0 spiro atoms. The summed E-state index contributed by atoms with van der Waals surface area (Å²) in [7, 11) is 1.74. The molecule has 3 unspecified atom stereocenters. The molecule has 1 aliphatic rings. The van der Waals surface area contributed by atoms with Gasteiger partial charge in [-0.25, -0.2) is 0 Å². The van der Waals surface area contributed by atoms with Gasteiger partial charge in [0.2, 0.25) is 0 Å². The number of thioether (sulfide) groups is 1. The van der Waals surface area contributed by atoms with Gasteiger partial charge in [-0.05, 0) is 7.05 Å². The highest BCUT2D eigenvalue weighted by molar-refractivity contribution is 8.00. The summed E-state index contributed by atoms with van der Waals surface area (Å²) in [5.41, 5.74) is -0.440. The molecule has 3 N–H and O–H groups in total. The lowest BCUT2D eigenvalue weighted by Crippen LogP contribution is -2.40. The summed E-state index contributed by atoms with van der Waals surface area (Å²) in [6.45, 7) is 0. The molecule has 0 saturated carbocycles. The average molecular weight is 186 g/mol. The van der Waals surface area contributed by atoms with Crippen molar-refractivity contribution in [2.75, 3.05) is 12.8 Å². The van der Waals surface area contributed by atoms with Crippen LogP contribution in [0.5, 0.6) is 0 Å². The Morgan fingerprint density at radius 3 is 2.30 bits per heavy atom. The van der Waals surface area contributed by atoms with Gasteiger partial charge in [-0.3, -0.25) is 0 Å². The summed E-state index contributed by atoms with van der Waals surface area (Å²) < 4.78 is 0. The van der Waals surface area contributed by atoms with Gasteiger partial charge < -0.3 is 15.5 Å². The van der Waals surface area contributed by atoms with E-state index >= 15 is 0 Å². The maximum Gasteiger partial charge on any atom is 0.117 e. The molecule has 1 saturated heterocycles. The van der Waals surface area contributed by atoms with Gasteiger partial charge in [0.1, 0.15) is 5.44 Å². The van der Waals surface area contributed by atoms with Gasteiger partial charge in [0.25, 0.3) is 0 Å². The number of rotatable bonds is 1. The van der Waals surface area contributed by atoms with Crippen molar-refractivity contribution in [3.63, 3.8) is 0 Å². The minimum atomic E-state index is -0.440. The van der Waals surface area contributed by atoms with Gasteiger partial charge in [-0.2, -0.15) is 0 Å². The highest BCUT2D eigenvalue weighted by Crippen LogP contribution is 2.24. The maximum atomic E-state index is 9.12. The Hall–Kier alpha value is 0.520. The Bertz CT molecular complexity index is 95.6. The second-order valence-electron chi connectivity index (χ2n) is 2.11. The molecule has 0 aromatic rings. The van der Waals surface area contributed by atoms with E-state index in [0.29, 0.717) is 5.75 Å². The first kappa shape index (κ1) is 10.5. The van der Waals surface area contributed by atoms with Crippen molar-refractivity contribution in [3.8, 4) is 0 Å². The molecular weight excluding hydrogens is 174 g/mol. The molecule has 62 valence electrons. The number of hydrogen-bond acceptors (Lipinski definition) is 4. The zero-order valence-corrected chi connectivity index (χ0v) is 7.28. The minimum absolute atomic E-state index is 0. The van der Waals surface area contributed by atoms with Crippen LogP contribution in [-0.4, -0.2) is 40.6 Å². The smallest absolute Gasteiger partial charge is 0.117 e. The van der Waals surface area contributed by atoms with Crippen LogP contribution in [0.2, 0.25) is 0 Å². The molecule has 0 aromatic carbocycles. The SMILES string of the molecule is CNC1C(O)CSC1O.Cl. The van der Waals surface area contributed by atoms with Crippen molar-refractivity contribution in [1.29, 1.82) is 0 Å². The third kappa shape index (κ3) is 2.00. The molecule has 3 nitrogen and oxygen atoms in total. The van der Waals surface area contributed by atoms with E-state index in [2.05, 4.69) is 5.32 Å². The molecule has 5 heteroatoms. The number of likely N-dealkylation sites (N-methyl/N-ethyl adjacent to an activating group) is 1. The molecule has 10 heavy (non-hydrogen) atoms. The summed E-state index contributed by atoms with van der Waals surface area (Å²) in [5, 5.41) is 21.1. The van der Waals surface area contributed by atoms with Crippen LogP contribution in [0.3, 0.4) is 0 Å². The standard InChI is InChI=1S/C5H11NO2S.ClH/c1-6-4-3(7)2-9-5(4)8;/h3-8H,2H2,1H3;1H. The van der Waals surface area contributed by atoms with Gasteiger partial charge >= 0.3 is 0 Å². The van der Waals surface area contributed by atoms with E-state index in [1.54, 1.807) is 7.05 Å². The average Bonchev–Trinajstić information content (AvgIpc) is 2.12. The molecule has 1 rings (SSSR count). The van der Waals surface area contributed by atoms with E-state index in [1.165, 1.54) is 11.8 Å². The zero-order chi connectivity index (χ0) is 6.85. The highest BCUT2D eigenvalue weighted by Gasteiger charge is 2.32. The van der Waals surface area contributed by atoms with Crippen LogP contribution in [0.25, 0.3) is 0 Å². The normalized spacial score (nSPS) is 39.3. The Morgan fingerprint density at radius 2 is 2.10 bits per heavy atom. The Labute approximate surface area is 70.6 Å². The Morgan fingerprint density at radius 1 is 1.50 bits per heavy atom. The molecule has 1 aliphatic heterocycles. The van der Waals surface area contributed by atoms with E-state index < -0.39 is 11.5 Å². The lowest BCUT2D eigenvalue weighted by atomic mass is 10.2. The predicted octanol–water partition coefficient (Wildman–Crippen LogP) is -0.578. The van der Waals surface area contributed by atoms with Crippen LogP contribution in [-0.2, 0) is 0 Å². The quantitative estimate of drug-likeness (QED) is 0.512. The van der Waals surface area contributed by atoms with Crippen molar-refractivity contribution < 1.29 is 10.2 Å². The van der Waals surface area contributed by atoms with E-state index in [9.17, 15) is 0 Å². The predicted molar refractivity (Wildman–Crippen MR) is 44.6 cm³/mol. The first-order chi connectivity index (χ1) is 4.25. The Balaban J connectivity index is 0.000000810. The van der Waals surface area contributed by atoms with Gasteiger partial charge in [0.15, 0.2) is 0 Å². The first-order valence-electron chi connectivity index (χ1n) is 2.90. The summed E-state index contributed by atoms with van der Waals surface area (Å²) in [4.78, 5) is 0. The number of halogens is 1. The molecule has 0 radical (unpaired) electrons.